The fourth-order valence-electron chi connectivity index (χ4n) is 3.91. The Morgan fingerprint density at radius 1 is 0.939 bits per heavy atom. The maximum atomic E-state index is 13.3. The van der Waals surface area contributed by atoms with Gasteiger partial charge >= 0.3 is 0 Å². The molecule has 2 N–H and O–H groups in total. The average molecular weight is 472 g/mol. The summed E-state index contributed by atoms with van der Waals surface area (Å²) < 4.78 is 0. The van der Waals surface area contributed by atoms with Crippen LogP contribution in [-0.4, -0.2) is 21.8 Å². The number of fused-ring (bicyclic) bond motifs is 2. The van der Waals surface area contributed by atoms with Crippen LogP contribution in [0.3, 0.4) is 0 Å². The number of thiocarbonyl (C=S) groups is 1. The second-order valence-electron chi connectivity index (χ2n) is 7.56. The molecule has 1 aliphatic heterocycles. The van der Waals surface area contributed by atoms with Crippen LogP contribution in [0, 0.1) is 0 Å². The number of nitrogens with zero attached hydrogens (tertiary/aromatic N) is 2. The number of amides is 1. The van der Waals surface area contributed by atoms with Crippen molar-refractivity contribution in [3.05, 3.63) is 101 Å². The molecule has 5 rings (SSSR count). The van der Waals surface area contributed by atoms with Gasteiger partial charge in [-0.1, -0.05) is 66.2 Å². The number of nitrogens with one attached hydrogen (secondary N) is 1. The van der Waals surface area contributed by atoms with E-state index in [9.17, 15) is 9.90 Å². The number of rotatable bonds is 3. The number of phenolic OH excluding ortho intramolecular Hbond substituents is 1. The zero-order chi connectivity index (χ0) is 22.9. The smallest absolute Gasteiger partial charge is 0.282 e. The van der Waals surface area contributed by atoms with E-state index in [0.29, 0.717) is 27.5 Å². The summed E-state index contributed by atoms with van der Waals surface area (Å²) in [6.07, 6.45) is 0. The predicted molar refractivity (Wildman–Crippen MR) is 137 cm³/mol. The number of benzene rings is 4. The average Bonchev–Trinajstić information content (AvgIpc) is 3.09. The van der Waals surface area contributed by atoms with E-state index < -0.39 is 0 Å². The van der Waals surface area contributed by atoms with Gasteiger partial charge in [0.1, 0.15) is 11.5 Å². The Balaban J connectivity index is 1.42. The van der Waals surface area contributed by atoms with Crippen molar-refractivity contribution >= 4 is 62.7 Å². The van der Waals surface area contributed by atoms with E-state index >= 15 is 0 Å². The van der Waals surface area contributed by atoms with Crippen LogP contribution < -0.4 is 10.2 Å². The number of aliphatic imine (C=N–C) groups is 1. The molecular formula is C26H18ClN3O2S. The molecule has 33 heavy (non-hydrogen) atoms. The van der Waals surface area contributed by atoms with E-state index in [1.807, 2.05) is 66.7 Å². The predicted octanol–water partition coefficient (Wildman–Crippen LogP) is 5.74. The normalized spacial score (nSPS) is 14.0. The Bertz CT molecular complexity index is 1450. The van der Waals surface area contributed by atoms with Gasteiger partial charge in [-0.15, -0.1) is 0 Å². The topological polar surface area (TPSA) is 64.9 Å². The quantitative estimate of drug-likeness (QED) is 0.374. The molecule has 0 unspecified atom stereocenters. The Morgan fingerprint density at radius 3 is 2.33 bits per heavy atom. The van der Waals surface area contributed by atoms with Crippen molar-refractivity contribution < 1.29 is 9.90 Å². The number of carbonyl (C=O) groups excluding carboxylic acids is 1. The van der Waals surface area contributed by atoms with Gasteiger partial charge in [-0.25, -0.2) is 4.99 Å². The first kappa shape index (κ1) is 21.1. The van der Waals surface area contributed by atoms with Gasteiger partial charge in [0.15, 0.2) is 5.11 Å². The minimum atomic E-state index is -0.304. The molecule has 4 aromatic rings. The highest BCUT2D eigenvalue weighted by molar-refractivity contribution is 7.80. The maximum absolute atomic E-state index is 13.3. The minimum absolute atomic E-state index is 0.154. The van der Waals surface area contributed by atoms with Gasteiger partial charge in [-0.05, 0) is 53.3 Å². The summed E-state index contributed by atoms with van der Waals surface area (Å²) in [6, 6.07) is 26.0. The van der Waals surface area contributed by atoms with E-state index in [0.717, 1.165) is 10.8 Å². The Morgan fingerprint density at radius 2 is 1.58 bits per heavy atom. The Hall–Kier alpha value is -3.74. The highest BCUT2D eigenvalue weighted by Crippen LogP contribution is 2.38. The van der Waals surface area contributed by atoms with Gasteiger partial charge in [0, 0.05) is 17.7 Å². The molecule has 5 nitrogen and oxygen atoms in total. The maximum Gasteiger partial charge on any atom is 0.282 e. The third kappa shape index (κ3) is 3.95. The largest absolute Gasteiger partial charge is 0.508 e. The van der Waals surface area contributed by atoms with Crippen molar-refractivity contribution in [2.75, 3.05) is 4.90 Å². The van der Waals surface area contributed by atoms with Crippen LogP contribution in [0.25, 0.3) is 10.8 Å². The van der Waals surface area contributed by atoms with E-state index in [2.05, 4.69) is 10.3 Å². The molecule has 162 valence electrons. The summed E-state index contributed by atoms with van der Waals surface area (Å²) in [4.78, 5) is 19.3. The lowest BCUT2D eigenvalue weighted by Crippen LogP contribution is -2.28. The fraction of sp³-hybridized carbons (Fsp3) is 0.0385. The van der Waals surface area contributed by atoms with Gasteiger partial charge < -0.3 is 10.4 Å². The summed E-state index contributed by atoms with van der Waals surface area (Å²) in [5.41, 5.74) is 2.89. The Labute approximate surface area is 201 Å². The summed E-state index contributed by atoms with van der Waals surface area (Å²) in [5, 5.41) is 16.0. The number of halogens is 1. The molecule has 4 aromatic carbocycles. The molecule has 0 bridgehead atoms. The third-order valence-corrected chi connectivity index (χ3v) is 6.04. The van der Waals surface area contributed by atoms with Gasteiger partial charge in [0.05, 0.1) is 16.4 Å². The molecule has 0 saturated carbocycles. The minimum Gasteiger partial charge on any atom is -0.508 e. The molecule has 0 aliphatic carbocycles. The van der Waals surface area contributed by atoms with Gasteiger partial charge in [-0.2, -0.15) is 0 Å². The van der Waals surface area contributed by atoms with E-state index in [1.165, 1.54) is 0 Å². The van der Waals surface area contributed by atoms with E-state index in [-0.39, 0.29) is 29.0 Å². The van der Waals surface area contributed by atoms with Gasteiger partial charge in [0.2, 0.25) is 0 Å². The molecule has 0 atom stereocenters. The van der Waals surface area contributed by atoms with E-state index in [4.69, 9.17) is 23.8 Å². The molecule has 1 heterocycles. The van der Waals surface area contributed by atoms with Crippen molar-refractivity contribution in [1.29, 1.82) is 0 Å². The summed E-state index contributed by atoms with van der Waals surface area (Å²) in [5.74, 6) is -0.133. The Kier molecular flexibility index (Phi) is 5.54. The van der Waals surface area contributed by atoms with Crippen LogP contribution >= 0.6 is 23.8 Å². The SMILES string of the molecule is O=C1/C(=N\C(=S)NCc2cc3ccccc3cc2O)c2ccccc2N1c1ccccc1Cl. The van der Waals surface area contributed by atoms with Crippen molar-refractivity contribution in [3.63, 3.8) is 0 Å². The number of hydrogen-bond donors (Lipinski definition) is 2. The van der Waals surface area contributed by atoms with Crippen LogP contribution in [0.2, 0.25) is 5.02 Å². The summed E-state index contributed by atoms with van der Waals surface area (Å²) in [6.45, 7) is 0.274. The highest BCUT2D eigenvalue weighted by atomic mass is 35.5. The molecule has 0 saturated heterocycles. The van der Waals surface area contributed by atoms with Gasteiger partial charge in [0.25, 0.3) is 5.91 Å². The number of aromatic hydroxyl groups is 1. The number of anilines is 2. The van der Waals surface area contributed by atoms with E-state index in [1.54, 1.807) is 23.1 Å². The number of phenols is 1. The molecule has 7 heteroatoms. The van der Waals surface area contributed by atoms with Crippen molar-refractivity contribution in [2.45, 2.75) is 6.54 Å². The first-order valence-corrected chi connectivity index (χ1v) is 11.1. The van der Waals surface area contributed by atoms with Crippen LogP contribution in [0.5, 0.6) is 5.75 Å². The second-order valence-corrected chi connectivity index (χ2v) is 8.35. The van der Waals surface area contributed by atoms with Crippen molar-refractivity contribution in [1.82, 2.24) is 5.32 Å². The van der Waals surface area contributed by atoms with Crippen LogP contribution in [-0.2, 0) is 11.3 Å². The molecule has 0 aromatic heterocycles. The highest BCUT2D eigenvalue weighted by Gasteiger charge is 2.35. The molecule has 0 fully saturated rings. The molecule has 1 aliphatic rings. The van der Waals surface area contributed by atoms with Crippen molar-refractivity contribution in [2.24, 2.45) is 4.99 Å². The standard InChI is InChI=1S/C26H18ClN3O2S/c27-20-10-4-6-12-22(20)30-21-11-5-3-9-19(21)24(25(30)32)29-26(33)28-15-18-13-16-7-1-2-8-17(16)14-23(18)31/h1-14,31H,15H2,(H,28,33)/b29-24-. The summed E-state index contributed by atoms with van der Waals surface area (Å²) >= 11 is 11.8. The first-order valence-electron chi connectivity index (χ1n) is 10.3. The van der Waals surface area contributed by atoms with Crippen molar-refractivity contribution in [3.8, 4) is 5.75 Å². The zero-order valence-corrected chi connectivity index (χ0v) is 18.9. The fourth-order valence-corrected chi connectivity index (χ4v) is 4.29. The van der Waals surface area contributed by atoms with Crippen LogP contribution in [0.1, 0.15) is 11.1 Å². The third-order valence-electron chi connectivity index (χ3n) is 5.49. The molecule has 1 amide bonds. The summed E-state index contributed by atoms with van der Waals surface area (Å²) in [7, 11) is 0. The lowest BCUT2D eigenvalue weighted by molar-refractivity contribution is -0.111. The molecule has 0 spiro atoms. The lowest BCUT2D eigenvalue weighted by Gasteiger charge is -2.18. The molecule has 0 radical (unpaired) electrons. The number of para-hydroxylation sites is 2. The monoisotopic (exact) mass is 471 g/mol. The second kappa shape index (κ2) is 8.65. The first-order chi connectivity index (χ1) is 16.0. The lowest BCUT2D eigenvalue weighted by atomic mass is 10.1. The molecular weight excluding hydrogens is 454 g/mol. The van der Waals surface area contributed by atoms with Crippen LogP contribution in [0.4, 0.5) is 11.4 Å². The van der Waals surface area contributed by atoms with Crippen LogP contribution in [0.15, 0.2) is 89.9 Å². The number of hydrogen-bond acceptors (Lipinski definition) is 3. The zero-order valence-electron chi connectivity index (χ0n) is 17.3. The van der Waals surface area contributed by atoms with Gasteiger partial charge in [-0.3, -0.25) is 9.69 Å². The number of carbonyl (C=O) groups is 1.